The van der Waals surface area contributed by atoms with E-state index in [2.05, 4.69) is 15.4 Å². The van der Waals surface area contributed by atoms with E-state index in [1.54, 1.807) is 0 Å². The number of hydrogen-bond acceptors (Lipinski definition) is 3. The highest BCUT2D eigenvalue weighted by molar-refractivity contribution is 5.92. The van der Waals surface area contributed by atoms with Crippen molar-refractivity contribution in [3.63, 3.8) is 0 Å². The van der Waals surface area contributed by atoms with Crippen LogP contribution in [0.2, 0.25) is 0 Å². The highest BCUT2D eigenvalue weighted by Crippen LogP contribution is 2.22. The zero-order valence-electron chi connectivity index (χ0n) is 11.8. The minimum absolute atomic E-state index is 0.125. The predicted octanol–water partition coefficient (Wildman–Crippen LogP) is 2.02. The number of carbonyl (C=O) groups excluding carboxylic acids is 1. The number of nitrogens with one attached hydrogen (secondary N) is 2. The molecule has 3 rings (SSSR count). The fourth-order valence-corrected chi connectivity index (χ4v) is 3.18. The summed E-state index contributed by atoms with van der Waals surface area (Å²) in [6, 6.07) is 4.22. The Morgan fingerprint density at radius 2 is 2.00 bits per heavy atom. The normalized spacial score (nSPS) is 21.2. The van der Waals surface area contributed by atoms with Crippen molar-refractivity contribution in [2.75, 3.05) is 13.1 Å². The van der Waals surface area contributed by atoms with Crippen LogP contribution in [0.1, 0.15) is 55.1 Å². The zero-order valence-corrected chi connectivity index (χ0v) is 11.8. The van der Waals surface area contributed by atoms with Gasteiger partial charge in [-0.2, -0.15) is 0 Å². The number of rotatable bonds is 4. The summed E-state index contributed by atoms with van der Waals surface area (Å²) in [6.45, 7) is 2.03. The molecule has 1 aliphatic carbocycles. The summed E-state index contributed by atoms with van der Waals surface area (Å²) in [7, 11) is 0. The van der Waals surface area contributed by atoms with Gasteiger partial charge in [0.05, 0.1) is 6.10 Å². The van der Waals surface area contributed by atoms with Crippen molar-refractivity contribution >= 4 is 5.91 Å². The quantitative estimate of drug-likeness (QED) is 0.828. The maximum Gasteiger partial charge on any atom is 0.291 e. The molecule has 0 atom stereocenters. The number of hydroxylamine groups is 1. The molecule has 2 fully saturated rings. The smallest absolute Gasteiger partial charge is 0.291 e. The Labute approximate surface area is 119 Å². The molecule has 2 N–H and O–H groups in total. The number of carbonyl (C=O) groups is 1. The average Bonchev–Trinajstić information content (AvgIpc) is 3.17. The first-order valence-electron chi connectivity index (χ1n) is 7.68. The molecule has 0 radical (unpaired) electrons. The summed E-state index contributed by atoms with van der Waals surface area (Å²) in [6.07, 6.45) is 8.83. The highest BCUT2D eigenvalue weighted by atomic mass is 16.7. The molecule has 1 amide bonds. The maximum atomic E-state index is 12.3. The molecule has 1 saturated heterocycles. The van der Waals surface area contributed by atoms with E-state index in [4.69, 9.17) is 4.84 Å². The Morgan fingerprint density at radius 1 is 1.25 bits per heavy atom. The predicted molar refractivity (Wildman–Crippen MR) is 76.4 cm³/mol. The van der Waals surface area contributed by atoms with E-state index < -0.39 is 0 Å². The monoisotopic (exact) mass is 277 g/mol. The van der Waals surface area contributed by atoms with Gasteiger partial charge < -0.3 is 9.88 Å². The molecule has 110 valence electrons. The minimum Gasteiger partial charge on any atom is -0.340 e. The van der Waals surface area contributed by atoms with Gasteiger partial charge in [-0.05, 0) is 50.9 Å². The molecule has 0 spiro atoms. The van der Waals surface area contributed by atoms with Gasteiger partial charge in [-0.3, -0.25) is 9.63 Å². The van der Waals surface area contributed by atoms with E-state index >= 15 is 0 Å². The van der Waals surface area contributed by atoms with E-state index in [1.807, 2.05) is 18.3 Å². The van der Waals surface area contributed by atoms with Gasteiger partial charge >= 0.3 is 0 Å². The Hall–Kier alpha value is -1.33. The van der Waals surface area contributed by atoms with Gasteiger partial charge in [-0.25, -0.2) is 5.48 Å². The molecule has 1 aromatic rings. The van der Waals surface area contributed by atoms with E-state index in [1.165, 1.54) is 12.8 Å². The van der Waals surface area contributed by atoms with Gasteiger partial charge in [0.2, 0.25) is 0 Å². The molecule has 0 unspecified atom stereocenters. The van der Waals surface area contributed by atoms with E-state index in [-0.39, 0.29) is 12.0 Å². The standard InChI is InChI=1S/C15H23N3O2/c19-15(17-20-13-4-1-2-5-13)14-6-3-11-18(14)12-7-9-16-10-8-12/h3,6,11-13,16H,1-2,4-5,7-10H2,(H,17,19). The number of aromatic nitrogens is 1. The molecule has 0 bridgehead atoms. The second-order valence-corrected chi connectivity index (χ2v) is 5.74. The molecule has 2 heterocycles. The summed E-state index contributed by atoms with van der Waals surface area (Å²) in [5, 5.41) is 3.35. The molecular formula is C15H23N3O2. The average molecular weight is 277 g/mol. The molecule has 2 aliphatic rings. The van der Waals surface area contributed by atoms with Crippen LogP contribution in [-0.4, -0.2) is 29.7 Å². The number of piperidine rings is 1. The van der Waals surface area contributed by atoms with Crippen molar-refractivity contribution in [3.05, 3.63) is 24.0 Å². The Kier molecular flexibility index (Phi) is 4.38. The van der Waals surface area contributed by atoms with Crippen LogP contribution in [0.25, 0.3) is 0 Å². The lowest BCUT2D eigenvalue weighted by Crippen LogP contribution is -2.33. The van der Waals surface area contributed by atoms with Crippen molar-refractivity contribution in [1.29, 1.82) is 0 Å². The van der Waals surface area contributed by atoms with Crippen LogP contribution in [0.4, 0.5) is 0 Å². The molecule has 1 aliphatic heterocycles. The van der Waals surface area contributed by atoms with Crippen LogP contribution in [0.3, 0.4) is 0 Å². The number of nitrogens with zero attached hydrogens (tertiary/aromatic N) is 1. The van der Waals surface area contributed by atoms with Gasteiger partial charge in [0.25, 0.3) is 5.91 Å². The third kappa shape index (κ3) is 3.04. The van der Waals surface area contributed by atoms with Crippen molar-refractivity contribution in [3.8, 4) is 0 Å². The highest BCUT2D eigenvalue weighted by Gasteiger charge is 2.21. The zero-order chi connectivity index (χ0) is 13.8. The van der Waals surface area contributed by atoms with Gasteiger partial charge in [0.15, 0.2) is 0 Å². The lowest BCUT2D eigenvalue weighted by Gasteiger charge is -2.26. The Balaban J connectivity index is 1.60. The second kappa shape index (κ2) is 6.41. The minimum atomic E-state index is -0.125. The van der Waals surface area contributed by atoms with Crippen LogP contribution >= 0.6 is 0 Å². The van der Waals surface area contributed by atoms with Crippen LogP contribution in [0, 0.1) is 0 Å². The van der Waals surface area contributed by atoms with E-state index in [9.17, 15) is 4.79 Å². The second-order valence-electron chi connectivity index (χ2n) is 5.74. The van der Waals surface area contributed by atoms with Gasteiger partial charge in [-0.15, -0.1) is 0 Å². The largest absolute Gasteiger partial charge is 0.340 e. The topological polar surface area (TPSA) is 55.3 Å². The third-order valence-electron chi connectivity index (χ3n) is 4.33. The lowest BCUT2D eigenvalue weighted by molar-refractivity contribution is -0.0131. The molecule has 5 nitrogen and oxygen atoms in total. The number of hydrogen-bond donors (Lipinski definition) is 2. The van der Waals surface area contributed by atoms with E-state index in [0.717, 1.165) is 38.8 Å². The van der Waals surface area contributed by atoms with Gasteiger partial charge in [0, 0.05) is 12.2 Å². The molecule has 1 saturated carbocycles. The molecular weight excluding hydrogens is 254 g/mol. The summed E-state index contributed by atoms with van der Waals surface area (Å²) >= 11 is 0. The summed E-state index contributed by atoms with van der Waals surface area (Å²) in [5.74, 6) is -0.125. The fourth-order valence-electron chi connectivity index (χ4n) is 3.18. The van der Waals surface area contributed by atoms with Crippen molar-refractivity contribution in [2.45, 2.75) is 50.7 Å². The van der Waals surface area contributed by atoms with Crippen LogP contribution in [-0.2, 0) is 4.84 Å². The van der Waals surface area contributed by atoms with Gasteiger partial charge in [-0.1, -0.05) is 12.8 Å². The molecule has 0 aromatic carbocycles. The SMILES string of the molecule is O=C(NOC1CCCC1)c1cccn1C1CCNCC1. The van der Waals surface area contributed by atoms with Crippen molar-refractivity contribution in [1.82, 2.24) is 15.4 Å². The summed E-state index contributed by atoms with van der Waals surface area (Å²) < 4.78 is 2.09. The Bertz CT molecular complexity index is 446. The van der Waals surface area contributed by atoms with E-state index in [0.29, 0.717) is 11.7 Å². The first-order valence-corrected chi connectivity index (χ1v) is 7.68. The van der Waals surface area contributed by atoms with Crippen molar-refractivity contribution in [2.24, 2.45) is 0 Å². The van der Waals surface area contributed by atoms with Crippen LogP contribution in [0.5, 0.6) is 0 Å². The van der Waals surface area contributed by atoms with Crippen molar-refractivity contribution < 1.29 is 9.63 Å². The molecule has 20 heavy (non-hydrogen) atoms. The Morgan fingerprint density at radius 3 is 2.75 bits per heavy atom. The first kappa shape index (κ1) is 13.6. The summed E-state index contributed by atoms with van der Waals surface area (Å²) in [4.78, 5) is 17.8. The third-order valence-corrected chi connectivity index (χ3v) is 4.33. The van der Waals surface area contributed by atoms with Crippen LogP contribution in [0.15, 0.2) is 18.3 Å². The number of amides is 1. The van der Waals surface area contributed by atoms with Gasteiger partial charge in [0.1, 0.15) is 5.69 Å². The summed E-state index contributed by atoms with van der Waals surface area (Å²) in [5.41, 5.74) is 3.33. The fraction of sp³-hybridized carbons (Fsp3) is 0.667. The first-order chi connectivity index (χ1) is 9.84. The molecule has 1 aromatic heterocycles. The van der Waals surface area contributed by atoms with Crippen LogP contribution < -0.4 is 10.8 Å². The molecule has 5 heteroatoms. The lowest BCUT2D eigenvalue weighted by atomic mass is 10.1. The maximum absolute atomic E-state index is 12.3.